The predicted molar refractivity (Wildman–Crippen MR) is 91.3 cm³/mol. The second-order valence-electron chi connectivity index (χ2n) is 5.99. The van der Waals surface area contributed by atoms with E-state index in [4.69, 9.17) is 17.3 Å². The third-order valence-electron chi connectivity index (χ3n) is 4.22. The van der Waals surface area contributed by atoms with Crippen LogP contribution in [-0.2, 0) is 0 Å². The summed E-state index contributed by atoms with van der Waals surface area (Å²) in [7, 11) is 0. The maximum Gasteiger partial charge on any atom is 0.223 e. The molecule has 3 rings (SSSR count). The fourth-order valence-electron chi connectivity index (χ4n) is 2.99. The number of hydrogen-bond acceptors (Lipinski definition) is 6. The molecule has 2 aromatic heterocycles. The molecule has 4 N–H and O–H groups in total. The summed E-state index contributed by atoms with van der Waals surface area (Å²) < 4.78 is 0. The minimum Gasteiger partial charge on any atom is -0.396 e. The number of nitrogens with one attached hydrogen (secondary N) is 1. The Morgan fingerprint density at radius 1 is 1.35 bits per heavy atom. The second-order valence-corrected chi connectivity index (χ2v) is 6.35. The average Bonchev–Trinajstić information content (AvgIpc) is 2.96. The number of nitrogens with two attached hydrogens (primary N) is 1. The van der Waals surface area contributed by atoms with Crippen molar-refractivity contribution in [3.63, 3.8) is 0 Å². The number of pyridine rings is 1. The van der Waals surface area contributed by atoms with Gasteiger partial charge in [-0.25, -0.2) is 4.98 Å². The summed E-state index contributed by atoms with van der Waals surface area (Å²) in [5, 5.41) is 13.0. The number of rotatable bonds is 4. The number of hydrogen-bond donors (Lipinski definition) is 3. The van der Waals surface area contributed by atoms with Crippen LogP contribution in [0.3, 0.4) is 0 Å². The van der Waals surface area contributed by atoms with Crippen molar-refractivity contribution in [3.05, 3.63) is 29.2 Å². The van der Waals surface area contributed by atoms with Crippen molar-refractivity contribution in [2.45, 2.75) is 32.2 Å². The molecular formula is C16H20ClN5O. The van der Waals surface area contributed by atoms with Crippen LogP contribution in [0.4, 0.5) is 11.8 Å². The van der Waals surface area contributed by atoms with Crippen molar-refractivity contribution in [2.75, 3.05) is 17.7 Å². The van der Waals surface area contributed by atoms with Gasteiger partial charge in [0.1, 0.15) is 11.0 Å². The standard InChI is InChI=1S/C16H20ClN5O/c1-9-2-4-11(7-19-9)13-14(17)21-16(18)22-15(13)20-12-5-3-10(6-12)8-23/h2,4,7,10,12,23H,3,5-6,8H2,1H3,(H3,18,20,21,22)/t10-,12+/m1/s1. The number of aryl methyl sites for hydroxylation is 1. The fraction of sp³-hybridized carbons (Fsp3) is 0.438. The lowest BCUT2D eigenvalue weighted by molar-refractivity contribution is 0.229. The number of aliphatic hydroxyl groups excluding tert-OH is 1. The first-order valence-electron chi connectivity index (χ1n) is 7.70. The minimum absolute atomic E-state index is 0.137. The van der Waals surface area contributed by atoms with Crippen molar-refractivity contribution in [1.29, 1.82) is 0 Å². The molecule has 0 bridgehead atoms. The number of anilines is 2. The van der Waals surface area contributed by atoms with Gasteiger partial charge in [-0.15, -0.1) is 0 Å². The van der Waals surface area contributed by atoms with Crippen LogP contribution in [0.2, 0.25) is 5.15 Å². The van der Waals surface area contributed by atoms with Crippen molar-refractivity contribution in [2.24, 2.45) is 5.92 Å². The maximum atomic E-state index is 9.29. The van der Waals surface area contributed by atoms with Crippen LogP contribution in [0, 0.1) is 12.8 Å². The molecule has 23 heavy (non-hydrogen) atoms. The quantitative estimate of drug-likeness (QED) is 0.744. The molecule has 0 spiro atoms. The van der Waals surface area contributed by atoms with Gasteiger partial charge in [0.05, 0.1) is 5.56 Å². The van der Waals surface area contributed by atoms with E-state index in [0.717, 1.165) is 30.5 Å². The third-order valence-corrected chi connectivity index (χ3v) is 4.50. The molecule has 0 aromatic carbocycles. The van der Waals surface area contributed by atoms with Gasteiger partial charge in [-0.3, -0.25) is 4.98 Å². The van der Waals surface area contributed by atoms with E-state index in [2.05, 4.69) is 20.3 Å². The van der Waals surface area contributed by atoms with Gasteiger partial charge in [-0.1, -0.05) is 17.7 Å². The Kier molecular flexibility index (Phi) is 4.63. The smallest absolute Gasteiger partial charge is 0.223 e. The molecule has 1 saturated carbocycles. The van der Waals surface area contributed by atoms with E-state index in [1.165, 1.54) is 0 Å². The zero-order valence-corrected chi connectivity index (χ0v) is 13.7. The first-order valence-corrected chi connectivity index (χ1v) is 8.08. The van der Waals surface area contributed by atoms with Crippen molar-refractivity contribution >= 4 is 23.4 Å². The van der Waals surface area contributed by atoms with Gasteiger partial charge < -0.3 is 16.2 Å². The van der Waals surface area contributed by atoms with Crippen LogP contribution in [0.1, 0.15) is 25.0 Å². The summed E-state index contributed by atoms with van der Waals surface area (Å²) in [6, 6.07) is 4.11. The number of nitrogen functional groups attached to an aromatic ring is 1. The van der Waals surface area contributed by atoms with Gasteiger partial charge in [-0.2, -0.15) is 4.98 Å². The lowest BCUT2D eigenvalue weighted by atomic mass is 10.1. The molecule has 1 aliphatic carbocycles. The van der Waals surface area contributed by atoms with Gasteiger partial charge in [0.25, 0.3) is 0 Å². The number of aliphatic hydroxyl groups is 1. The van der Waals surface area contributed by atoms with E-state index < -0.39 is 0 Å². The molecule has 6 nitrogen and oxygen atoms in total. The largest absolute Gasteiger partial charge is 0.396 e. The van der Waals surface area contributed by atoms with Crippen molar-refractivity contribution in [3.8, 4) is 11.1 Å². The van der Waals surface area contributed by atoms with E-state index in [9.17, 15) is 5.11 Å². The van der Waals surface area contributed by atoms with Gasteiger partial charge >= 0.3 is 0 Å². The molecule has 122 valence electrons. The lowest BCUT2D eigenvalue weighted by Gasteiger charge is -2.17. The van der Waals surface area contributed by atoms with Crippen LogP contribution < -0.4 is 11.1 Å². The maximum absolute atomic E-state index is 9.29. The average molecular weight is 334 g/mol. The Morgan fingerprint density at radius 2 is 2.17 bits per heavy atom. The van der Waals surface area contributed by atoms with E-state index >= 15 is 0 Å². The topological polar surface area (TPSA) is 97.0 Å². The highest BCUT2D eigenvalue weighted by Crippen LogP contribution is 2.35. The Bertz CT molecular complexity index is 692. The molecular weight excluding hydrogens is 314 g/mol. The van der Waals surface area contributed by atoms with E-state index in [0.29, 0.717) is 22.5 Å². The molecule has 1 fully saturated rings. The molecule has 7 heteroatoms. The Hall–Kier alpha value is -1.92. The van der Waals surface area contributed by atoms with Crippen LogP contribution in [-0.4, -0.2) is 32.7 Å². The Morgan fingerprint density at radius 3 is 2.83 bits per heavy atom. The summed E-state index contributed by atoms with van der Waals surface area (Å²) in [5.41, 5.74) is 8.24. The SMILES string of the molecule is Cc1ccc(-c2c(Cl)nc(N)nc2N[C@H]2CC[C@@H](CO)C2)cn1. The molecule has 0 radical (unpaired) electrons. The van der Waals surface area contributed by atoms with Gasteiger partial charge in [-0.05, 0) is 38.2 Å². The van der Waals surface area contributed by atoms with Crippen molar-refractivity contribution < 1.29 is 5.11 Å². The predicted octanol–water partition coefficient (Wildman–Crippen LogP) is 2.66. The van der Waals surface area contributed by atoms with E-state index in [1.807, 2.05) is 19.1 Å². The summed E-state index contributed by atoms with van der Waals surface area (Å²) in [5.74, 6) is 1.10. The fourth-order valence-corrected chi connectivity index (χ4v) is 3.28. The zero-order chi connectivity index (χ0) is 16.4. The summed E-state index contributed by atoms with van der Waals surface area (Å²) in [6.07, 6.45) is 4.65. The van der Waals surface area contributed by atoms with Crippen LogP contribution >= 0.6 is 11.6 Å². The van der Waals surface area contributed by atoms with Gasteiger partial charge in [0.15, 0.2) is 0 Å². The Labute approximate surface area is 140 Å². The molecule has 2 aromatic rings. The van der Waals surface area contributed by atoms with E-state index in [-0.39, 0.29) is 18.6 Å². The molecule has 2 atom stereocenters. The highest BCUT2D eigenvalue weighted by Gasteiger charge is 2.26. The summed E-state index contributed by atoms with van der Waals surface area (Å²) >= 11 is 6.31. The molecule has 1 aliphatic rings. The number of halogens is 1. The summed E-state index contributed by atoms with van der Waals surface area (Å²) in [6.45, 7) is 2.15. The van der Waals surface area contributed by atoms with Crippen LogP contribution in [0.25, 0.3) is 11.1 Å². The Balaban J connectivity index is 1.94. The molecule has 2 heterocycles. The minimum atomic E-state index is 0.137. The zero-order valence-electron chi connectivity index (χ0n) is 13.0. The highest BCUT2D eigenvalue weighted by atomic mass is 35.5. The van der Waals surface area contributed by atoms with Crippen LogP contribution in [0.15, 0.2) is 18.3 Å². The number of aromatic nitrogens is 3. The van der Waals surface area contributed by atoms with Gasteiger partial charge in [0.2, 0.25) is 5.95 Å². The highest BCUT2D eigenvalue weighted by molar-refractivity contribution is 6.32. The summed E-state index contributed by atoms with van der Waals surface area (Å²) in [4.78, 5) is 12.7. The number of nitrogens with zero attached hydrogens (tertiary/aromatic N) is 3. The monoisotopic (exact) mass is 333 g/mol. The first-order chi connectivity index (χ1) is 11.1. The van der Waals surface area contributed by atoms with Crippen LogP contribution in [0.5, 0.6) is 0 Å². The second kappa shape index (κ2) is 6.68. The van der Waals surface area contributed by atoms with Crippen molar-refractivity contribution in [1.82, 2.24) is 15.0 Å². The third kappa shape index (κ3) is 3.54. The normalized spacial score (nSPS) is 20.7. The molecule has 0 unspecified atom stereocenters. The molecule has 0 aliphatic heterocycles. The lowest BCUT2D eigenvalue weighted by Crippen LogP contribution is -2.18. The first kappa shape index (κ1) is 16.0. The van der Waals surface area contributed by atoms with E-state index in [1.54, 1.807) is 6.20 Å². The molecule has 0 amide bonds. The van der Waals surface area contributed by atoms with Gasteiger partial charge in [0, 0.05) is 30.1 Å². The molecule has 0 saturated heterocycles.